The standard InChI is InChI=1S/C11H9BrCl2N2O2S2/c12-7-1-2-19-10(7)5-16-20(17,18)11-8(13)3-6(15)4-9(11)14/h1-4,16H,5,15H2. The molecule has 0 aliphatic carbocycles. The van der Waals surface area contributed by atoms with Crippen molar-refractivity contribution in [2.75, 3.05) is 5.73 Å². The van der Waals surface area contributed by atoms with E-state index in [2.05, 4.69) is 20.7 Å². The van der Waals surface area contributed by atoms with E-state index in [1.165, 1.54) is 23.5 Å². The molecule has 0 aliphatic heterocycles. The summed E-state index contributed by atoms with van der Waals surface area (Å²) in [6.45, 7) is 0.150. The summed E-state index contributed by atoms with van der Waals surface area (Å²) in [7, 11) is -3.81. The third kappa shape index (κ3) is 3.47. The zero-order valence-electron chi connectivity index (χ0n) is 9.86. The lowest BCUT2D eigenvalue weighted by Gasteiger charge is -2.10. The number of halogens is 3. The van der Waals surface area contributed by atoms with E-state index in [1.54, 1.807) is 0 Å². The summed E-state index contributed by atoms with van der Waals surface area (Å²) in [5.41, 5.74) is 5.86. The Morgan fingerprint density at radius 1 is 1.30 bits per heavy atom. The van der Waals surface area contributed by atoms with Gasteiger partial charge in [-0.1, -0.05) is 23.2 Å². The van der Waals surface area contributed by atoms with E-state index in [0.29, 0.717) is 5.69 Å². The van der Waals surface area contributed by atoms with Gasteiger partial charge in [0.1, 0.15) is 4.90 Å². The van der Waals surface area contributed by atoms with Crippen LogP contribution in [0.3, 0.4) is 0 Å². The zero-order valence-corrected chi connectivity index (χ0v) is 14.6. The predicted octanol–water partition coefficient (Wildman–Crippen LogP) is 3.88. The monoisotopic (exact) mass is 414 g/mol. The second-order valence-corrected chi connectivity index (χ2v) is 8.20. The van der Waals surface area contributed by atoms with Gasteiger partial charge in [0.05, 0.1) is 10.0 Å². The Morgan fingerprint density at radius 3 is 2.40 bits per heavy atom. The molecule has 9 heteroatoms. The average molecular weight is 416 g/mol. The molecule has 2 aromatic rings. The molecule has 0 atom stereocenters. The summed E-state index contributed by atoms with van der Waals surface area (Å²) in [5.74, 6) is 0. The minimum Gasteiger partial charge on any atom is -0.399 e. The number of nitrogens with two attached hydrogens (primary N) is 1. The highest BCUT2D eigenvalue weighted by atomic mass is 79.9. The Bertz CT molecular complexity index is 724. The molecule has 0 unspecified atom stereocenters. The molecule has 4 nitrogen and oxygen atoms in total. The fourth-order valence-electron chi connectivity index (χ4n) is 1.52. The lowest BCUT2D eigenvalue weighted by atomic mass is 10.3. The number of rotatable bonds is 4. The number of anilines is 1. The molecule has 1 aromatic heterocycles. The van der Waals surface area contributed by atoms with Crippen molar-refractivity contribution in [1.29, 1.82) is 0 Å². The van der Waals surface area contributed by atoms with Crippen molar-refractivity contribution in [2.24, 2.45) is 0 Å². The number of hydrogen-bond donors (Lipinski definition) is 2. The van der Waals surface area contributed by atoms with Gasteiger partial charge in [-0.3, -0.25) is 0 Å². The molecule has 0 bridgehead atoms. The van der Waals surface area contributed by atoms with Crippen LogP contribution in [0.1, 0.15) is 4.88 Å². The quantitative estimate of drug-likeness (QED) is 0.744. The minimum absolute atomic E-state index is 0.00672. The predicted molar refractivity (Wildman–Crippen MR) is 86.9 cm³/mol. The largest absolute Gasteiger partial charge is 0.399 e. The third-order valence-electron chi connectivity index (χ3n) is 2.40. The van der Waals surface area contributed by atoms with E-state index in [9.17, 15) is 8.42 Å². The maximum atomic E-state index is 12.3. The summed E-state index contributed by atoms with van der Waals surface area (Å²) in [6.07, 6.45) is 0. The molecule has 0 fully saturated rings. The van der Waals surface area contributed by atoms with Crippen LogP contribution in [0, 0.1) is 0 Å². The van der Waals surface area contributed by atoms with E-state index in [0.717, 1.165) is 9.35 Å². The van der Waals surface area contributed by atoms with Crippen LogP contribution < -0.4 is 10.5 Å². The number of nitrogens with one attached hydrogen (secondary N) is 1. The van der Waals surface area contributed by atoms with Crippen molar-refractivity contribution < 1.29 is 8.42 Å². The molecule has 0 radical (unpaired) electrons. The molecule has 20 heavy (non-hydrogen) atoms. The van der Waals surface area contributed by atoms with Gasteiger partial charge in [-0.25, -0.2) is 13.1 Å². The van der Waals surface area contributed by atoms with Crippen LogP contribution in [0.4, 0.5) is 5.69 Å². The lowest BCUT2D eigenvalue weighted by Crippen LogP contribution is -2.23. The van der Waals surface area contributed by atoms with Gasteiger partial charge < -0.3 is 5.73 Å². The number of benzene rings is 1. The van der Waals surface area contributed by atoms with Crippen LogP contribution in [0.5, 0.6) is 0 Å². The van der Waals surface area contributed by atoms with Gasteiger partial charge in [0, 0.05) is 21.6 Å². The molecule has 1 heterocycles. The highest BCUT2D eigenvalue weighted by Crippen LogP contribution is 2.32. The van der Waals surface area contributed by atoms with Crippen molar-refractivity contribution in [3.05, 3.63) is 43.0 Å². The lowest BCUT2D eigenvalue weighted by molar-refractivity contribution is 0.582. The van der Waals surface area contributed by atoms with Crippen LogP contribution in [-0.2, 0) is 16.6 Å². The highest BCUT2D eigenvalue weighted by molar-refractivity contribution is 9.10. The molecule has 2 rings (SSSR count). The smallest absolute Gasteiger partial charge is 0.243 e. The molecule has 0 saturated carbocycles. The Balaban J connectivity index is 2.30. The van der Waals surface area contributed by atoms with Crippen molar-refractivity contribution in [1.82, 2.24) is 4.72 Å². The van der Waals surface area contributed by atoms with Crippen LogP contribution in [-0.4, -0.2) is 8.42 Å². The summed E-state index contributed by atoms with van der Waals surface area (Å²) in [4.78, 5) is 0.693. The summed E-state index contributed by atoms with van der Waals surface area (Å²) >= 11 is 16.6. The molecule has 0 amide bonds. The average Bonchev–Trinajstić information content (AvgIpc) is 2.70. The van der Waals surface area contributed by atoms with Crippen LogP contribution in [0.2, 0.25) is 10.0 Å². The number of nitrogen functional groups attached to an aromatic ring is 1. The van der Waals surface area contributed by atoms with E-state index >= 15 is 0 Å². The molecule has 1 aromatic carbocycles. The topological polar surface area (TPSA) is 72.2 Å². The number of thiophene rings is 1. The van der Waals surface area contributed by atoms with Gasteiger partial charge in [-0.05, 0) is 39.5 Å². The van der Waals surface area contributed by atoms with Gasteiger partial charge in [0.2, 0.25) is 10.0 Å². The van der Waals surface area contributed by atoms with Crippen molar-refractivity contribution in [2.45, 2.75) is 11.4 Å². The summed E-state index contributed by atoms with van der Waals surface area (Å²) in [6, 6.07) is 4.55. The highest BCUT2D eigenvalue weighted by Gasteiger charge is 2.22. The first-order valence-electron chi connectivity index (χ1n) is 5.27. The van der Waals surface area contributed by atoms with E-state index < -0.39 is 10.0 Å². The van der Waals surface area contributed by atoms with E-state index in [4.69, 9.17) is 28.9 Å². The van der Waals surface area contributed by atoms with Crippen molar-refractivity contribution in [3.8, 4) is 0 Å². The molecule has 0 saturated heterocycles. The fourth-order valence-corrected chi connectivity index (χ4v) is 5.27. The van der Waals surface area contributed by atoms with Crippen molar-refractivity contribution in [3.63, 3.8) is 0 Å². The molecule has 0 aliphatic rings. The molecular weight excluding hydrogens is 407 g/mol. The van der Waals surface area contributed by atoms with Gasteiger partial charge in [0.25, 0.3) is 0 Å². The summed E-state index contributed by atoms with van der Waals surface area (Å²) < 4.78 is 27.8. The third-order valence-corrected chi connectivity index (χ3v) is 6.65. The molecular formula is C11H9BrCl2N2O2S2. The first-order chi connectivity index (χ1) is 9.31. The van der Waals surface area contributed by atoms with E-state index in [-0.39, 0.29) is 21.5 Å². The maximum absolute atomic E-state index is 12.3. The van der Waals surface area contributed by atoms with Crippen LogP contribution in [0.25, 0.3) is 0 Å². The normalized spacial score (nSPS) is 11.8. The van der Waals surface area contributed by atoms with Crippen molar-refractivity contribution >= 4 is 66.2 Å². The first kappa shape index (κ1) is 16.1. The first-order valence-corrected chi connectivity index (χ1v) is 9.18. The van der Waals surface area contributed by atoms with Gasteiger partial charge in [0.15, 0.2) is 0 Å². The molecule has 3 N–H and O–H groups in total. The van der Waals surface area contributed by atoms with Crippen LogP contribution in [0.15, 0.2) is 32.9 Å². The Hall–Kier alpha value is -0.310. The molecule has 108 valence electrons. The number of hydrogen-bond acceptors (Lipinski definition) is 4. The van der Waals surface area contributed by atoms with Crippen LogP contribution >= 0.6 is 50.5 Å². The second kappa shape index (κ2) is 6.21. The van der Waals surface area contributed by atoms with E-state index in [1.807, 2.05) is 11.4 Å². The van der Waals surface area contributed by atoms with Gasteiger partial charge >= 0.3 is 0 Å². The Morgan fingerprint density at radius 2 is 1.90 bits per heavy atom. The maximum Gasteiger partial charge on any atom is 0.243 e. The minimum atomic E-state index is -3.81. The molecule has 0 spiro atoms. The SMILES string of the molecule is Nc1cc(Cl)c(S(=O)(=O)NCc2sccc2Br)c(Cl)c1. The Kier molecular flexibility index (Phi) is 4.99. The second-order valence-electron chi connectivity index (χ2n) is 3.83. The zero-order chi connectivity index (χ0) is 14.9. The van der Waals surface area contributed by atoms with Gasteiger partial charge in [-0.2, -0.15) is 0 Å². The summed E-state index contributed by atoms with van der Waals surface area (Å²) in [5, 5.41) is 1.84. The Labute approximate surface area is 139 Å². The number of sulfonamides is 1. The van der Waals surface area contributed by atoms with Gasteiger partial charge in [-0.15, -0.1) is 11.3 Å². The fraction of sp³-hybridized carbons (Fsp3) is 0.0909.